The van der Waals surface area contributed by atoms with Crippen molar-refractivity contribution in [1.29, 1.82) is 0 Å². The molecule has 0 saturated heterocycles. The minimum atomic E-state index is -0.838. The molecule has 1 aliphatic rings. The number of rotatable bonds is 6. The van der Waals surface area contributed by atoms with E-state index in [1.807, 2.05) is 31.2 Å². The lowest BCUT2D eigenvalue weighted by Gasteiger charge is -2.29. The Labute approximate surface area is 135 Å². The van der Waals surface area contributed by atoms with Gasteiger partial charge in [0.1, 0.15) is 0 Å². The SMILES string of the molecule is CC(CNC(=O)C1(c2ccc(Cl)cc2)CCCC1)CC(=O)O. The first-order chi connectivity index (χ1) is 10.4. The number of carboxylic acid groups (broad SMARTS) is 1. The van der Waals surface area contributed by atoms with Gasteiger partial charge in [-0.25, -0.2) is 0 Å². The number of halogens is 1. The Hall–Kier alpha value is -1.55. The van der Waals surface area contributed by atoms with E-state index in [4.69, 9.17) is 16.7 Å². The second-order valence-electron chi connectivity index (χ2n) is 6.21. The molecule has 1 saturated carbocycles. The summed E-state index contributed by atoms with van der Waals surface area (Å²) in [5, 5.41) is 12.4. The third-order valence-electron chi connectivity index (χ3n) is 4.42. The molecule has 0 heterocycles. The average molecular weight is 324 g/mol. The summed E-state index contributed by atoms with van der Waals surface area (Å²) in [7, 11) is 0. The number of benzene rings is 1. The first-order valence-electron chi connectivity index (χ1n) is 7.70. The summed E-state index contributed by atoms with van der Waals surface area (Å²) >= 11 is 5.94. The average Bonchev–Trinajstić information content (AvgIpc) is 2.95. The molecule has 2 N–H and O–H groups in total. The molecule has 0 aromatic heterocycles. The summed E-state index contributed by atoms with van der Waals surface area (Å²) in [4.78, 5) is 23.5. The number of carboxylic acids is 1. The van der Waals surface area contributed by atoms with Gasteiger partial charge in [0.15, 0.2) is 0 Å². The first kappa shape index (κ1) is 16.8. The predicted octanol–water partition coefficient (Wildman–Crippen LogP) is 3.38. The fourth-order valence-electron chi connectivity index (χ4n) is 3.20. The Morgan fingerprint density at radius 3 is 2.41 bits per heavy atom. The lowest BCUT2D eigenvalue weighted by molar-refractivity contribution is -0.138. The monoisotopic (exact) mass is 323 g/mol. The van der Waals surface area contributed by atoms with Crippen LogP contribution in [-0.4, -0.2) is 23.5 Å². The summed E-state index contributed by atoms with van der Waals surface area (Å²) in [6.45, 7) is 2.22. The van der Waals surface area contributed by atoms with Gasteiger partial charge in [0.05, 0.1) is 5.41 Å². The summed E-state index contributed by atoms with van der Waals surface area (Å²) in [6, 6.07) is 7.48. The van der Waals surface area contributed by atoms with E-state index < -0.39 is 11.4 Å². The Morgan fingerprint density at radius 2 is 1.86 bits per heavy atom. The van der Waals surface area contributed by atoms with Gasteiger partial charge < -0.3 is 10.4 Å². The summed E-state index contributed by atoms with van der Waals surface area (Å²) in [5.41, 5.74) is 0.505. The summed E-state index contributed by atoms with van der Waals surface area (Å²) in [5.74, 6) is -0.912. The van der Waals surface area contributed by atoms with E-state index in [-0.39, 0.29) is 18.2 Å². The van der Waals surface area contributed by atoms with E-state index in [9.17, 15) is 9.59 Å². The molecule has 1 atom stereocenters. The molecular weight excluding hydrogens is 302 g/mol. The number of aliphatic carboxylic acids is 1. The Morgan fingerprint density at radius 1 is 1.27 bits per heavy atom. The fraction of sp³-hybridized carbons (Fsp3) is 0.529. The van der Waals surface area contributed by atoms with Crippen LogP contribution in [-0.2, 0) is 15.0 Å². The normalized spacial score (nSPS) is 17.9. The standard InChI is InChI=1S/C17H22ClNO3/c1-12(10-15(20)21)11-19-16(22)17(8-2-3-9-17)13-4-6-14(18)7-5-13/h4-7,12H,2-3,8-11H2,1H3,(H,19,22)(H,20,21). The number of amides is 1. The zero-order valence-corrected chi connectivity index (χ0v) is 13.5. The van der Waals surface area contributed by atoms with Crippen LogP contribution < -0.4 is 5.32 Å². The van der Waals surface area contributed by atoms with Crippen molar-refractivity contribution >= 4 is 23.5 Å². The van der Waals surface area contributed by atoms with Gasteiger partial charge >= 0.3 is 5.97 Å². The molecular formula is C17H22ClNO3. The molecule has 0 spiro atoms. The highest BCUT2D eigenvalue weighted by molar-refractivity contribution is 6.30. The van der Waals surface area contributed by atoms with E-state index in [0.29, 0.717) is 11.6 Å². The summed E-state index contributed by atoms with van der Waals surface area (Å²) in [6.07, 6.45) is 3.78. The van der Waals surface area contributed by atoms with Crippen molar-refractivity contribution in [2.24, 2.45) is 5.92 Å². The zero-order valence-electron chi connectivity index (χ0n) is 12.8. The van der Waals surface area contributed by atoms with Gasteiger partial charge in [0.25, 0.3) is 0 Å². The van der Waals surface area contributed by atoms with Gasteiger partial charge in [-0.2, -0.15) is 0 Å². The number of carbonyl (C=O) groups excluding carboxylic acids is 1. The van der Waals surface area contributed by atoms with Gasteiger partial charge in [-0.15, -0.1) is 0 Å². The van der Waals surface area contributed by atoms with Crippen LogP contribution >= 0.6 is 11.6 Å². The molecule has 4 nitrogen and oxygen atoms in total. The maximum absolute atomic E-state index is 12.8. The highest BCUT2D eigenvalue weighted by Gasteiger charge is 2.42. The van der Waals surface area contributed by atoms with E-state index in [1.165, 1.54) is 0 Å². The van der Waals surface area contributed by atoms with Gasteiger partial charge in [-0.1, -0.05) is 43.5 Å². The summed E-state index contributed by atoms with van der Waals surface area (Å²) < 4.78 is 0. The Kier molecular flexibility index (Phi) is 5.46. The molecule has 1 aliphatic carbocycles. The van der Waals surface area contributed by atoms with Gasteiger partial charge in [0.2, 0.25) is 5.91 Å². The highest BCUT2D eigenvalue weighted by Crippen LogP contribution is 2.41. The van der Waals surface area contributed by atoms with Crippen molar-refractivity contribution in [2.75, 3.05) is 6.54 Å². The van der Waals surface area contributed by atoms with Crippen LogP contribution in [0.3, 0.4) is 0 Å². The number of nitrogens with one attached hydrogen (secondary N) is 1. The highest BCUT2D eigenvalue weighted by atomic mass is 35.5. The van der Waals surface area contributed by atoms with Crippen LogP contribution in [0.25, 0.3) is 0 Å². The molecule has 120 valence electrons. The van der Waals surface area contributed by atoms with Crippen molar-refractivity contribution in [3.63, 3.8) is 0 Å². The van der Waals surface area contributed by atoms with Gasteiger partial charge in [-0.3, -0.25) is 9.59 Å². The third kappa shape index (κ3) is 3.80. The van der Waals surface area contributed by atoms with Crippen molar-refractivity contribution in [3.8, 4) is 0 Å². The van der Waals surface area contributed by atoms with Crippen LogP contribution in [0.4, 0.5) is 0 Å². The first-order valence-corrected chi connectivity index (χ1v) is 8.08. The lowest BCUT2D eigenvalue weighted by atomic mass is 9.78. The van der Waals surface area contributed by atoms with Crippen molar-refractivity contribution in [3.05, 3.63) is 34.9 Å². The van der Waals surface area contributed by atoms with Crippen molar-refractivity contribution < 1.29 is 14.7 Å². The van der Waals surface area contributed by atoms with E-state index in [0.717, 1.165) is 31.2 Å². The molecule has 0 aliphatic heterocycles. The molecule has 0 radical (unpaired) electrons. The van der Waals surface area contributed by atoms with Crippen molar-refractivity contribution in [2.45, 2.75) is 44.4 Å². The van der Waals surface area contributed by atoms with E-state index in [1.54, 1.807) is 0 Å². The zero-order chi connectivity index (χ0) is 16.2. The Balaban J connectivity index is 2.09. The smallest absolute Gasteiger partial charge is 0.303 e. The minimum Gasteiger partial charge on any atom is -0.481 e. The molecule has 22 heavy (non-hydrogen) atoms. The number of hydrogen-bond acceptors (Lipinski definition) is 2. The third-order valence-corrected chi connectivity index (χ3v) is 4.67. The minimum absolute atomic E-state index is 0.00422. The van der Waals surface area contributed by atoms with Crippen LogP contribution in [0, 0.1) is 5.92 Å². The molecule has 1 unspecified atom stereocenters. The van der Waals surface area contributed by atoms with Crippen molar-refractivity contribution in [1.82, 2.24) is 5.32 Å². The predicted molar refractivity (Wildman–Crippen MR) is 86.0 cm³/mol. The fourth-order valence-corrected chi connectivity index (χ4v) is 3.33. The quantitative estimate of drug-likeness (QED) is 0.843. The van der Waals surface area contributed by atoms with Crippen LogP contribution in [0.15, 0.2) is 24.3 Å². The molecule has 2 rings (SSSR count). The maximum atomic E-state index is 12.8. The van der Waals surface area contributed by atoms with E-state index >= 15 is 0 Å². The van der Waals surface area contributed by atoms with E-state index in [2.05, 4.69) is 5.32 Å². The van der Waals surface area contributed by atoms with Gasteiger partial charge in [0, 0.05) is 18.0 Å². The lowest BCUT2D eigenvalue weighted by Crippen LogP contribution is -2.44. The maximum Gasteiger partial charge on any atom is 0.303 e. The second-order valence-corrected chi connectivity index (χ2v) is 6.65. The van der Waals surface area contributed by atoms with Crippen LogP contribution in [0.2, 0.25) is 5.02 Å². The molecule has 5 heteroatoms. The topological polar surface area (TPSA) is 66.4 Å². The van der Waals surface area contributed by atoms with Crippen LogP contribution in [0.1, 0.15) is 44.6 Å². The Bertz CT molecular complexity index is 535. The second kappa shape index (κ2) is 7.14. The molecule has 1 aromatic carbocycles. The molecule has 0 bridgehead atoms. The molecule has 1 fully saturated rings. The molecule has 1 aromatic rings. The largest absolute Gasteiger partial charge is 0.481 e. The number of carbonyl (C=O) groups is 2. The van der Waals surface area contributed by atoms with Crippen LogP contribution in [0.5, 0.6) is 0 Å². The van der Waals surface area contributed by atoms with Gasteiger partial charge in [-0.05, 0) is 36.5 Å². The number of hydrogen-bond donors (Lipinski definition) is 2. The molecule has 1 amide bonds.